The number of carbonyl (C=O) groups is 3. The van der Waals surface area contributed by atoms with Crippen molar-refractivity contribution in [2.75, 3.05) is 5.32 Å². The average molecular weight is 378 g/mol. The predicted molar refractivity (Wildman–Crippen MR) is 107 cm³/mol. The van der Waals surface area contributed by atoms with Crippen LogP contribution in [0.5, 0.6) is 0 Å². The van der Waals surface area contributed by atoms with E-state index in [1.807, 2.05) is 20.8 Å². The van der Waals surface area contributed by atoms with Gasteiger partial charge in [0.15, 0.2) is 11.5 Å². The van der Waals surface area contributed by atoms with Crippen molar-refractivity contribution in [3.8, 4) is 0 Å². The van der Waals surface area contributed by atoms with Crippen LogP contribution < -0.4 is 10.6 Å². The van der Waals surface area contributed by atoms with E-state index in [1.54, 1.807) is 53.1 Å². The molecular weight excluding hydrogens is 356 g/mol. The first kappa shape index (κ1) is 19.3. The van der Waals surface area contributed by atoms with Crippen LogP contribution in [-0.2, 0) is 0 Å². The van der Waals surface area contributed by atoms with E-state index in [2.05, 4.69) is 15.6 Å². The van der Waals surface area contributed by atoms with E-state index in [1.165, 1.54) is 6.92 Å². The number of nitrogens with zero attached hydrogens (tertiary/aromatic N) is 2. The van der Waals surface area contributed by atoms with Gasteiger partial charge in [-0.2, -0.15) is 0 Å². The number of amides is 2. The lowest BCUT2D eigenvalue weighted by atomic mass is 10.1. The molecule has 0 atom stereocenters. The standard InChI is InChI=1S/C21H22N4O3/c1-13(26)14-8-10-15(11-9-14)22-19(27)17-16-7-5-6-12-25(16)18(23-17)20(28)24-21(2,3)4/h5-12H,1-4H3,(H,22,27)(H,24,28). The summed E-state index contributed by atoms with van der Waals surface area (Å²) in [6.45, 7) is 7.10. The van der Waals surface area contributed by atoms with Crippen molar-refractivity contribution in [1.29, 1.82) is 0 Å². The number of hydrogen-bond acceptors (Lipinski definition) is 4. The van der Waals surface area contributed by atoms with E-state index in [0.717, 1.165) is 0 Å². The molecule has 0 aliphatic heterocycles. The fourth-order valence-electron chi connectivity index (χ4n) is 2.74. The molecule has 1 aromatic carbocycles. The maximum Gasteiger partial charge on any atom is 0.288 e. The Morgan fingerprint density at radius 3 is 2.25 bits per heavy atom. The average Bonchev–Trinajstić information content (AvgIpc) is 3.01. The van der Waals surface area contributed by atoms with Gasteiger partial charge in [0.05, 0.1) is 5.52 Å². The van der Waals surface area contributed by atoms with Crippen LogP contribution in [0.2, 0.25) is 0 Å². The minimum Gasteiger partial charge on any atom is -0.345 e. The summed E-state index contributed by atoms with van der Waals surface area (Å²) >= 11 is 0. The van der Waals surface area contributed by atoms with Gasteiger partial charge in [-0.25, -0.2) is 4.98 Å². The molecule has 2 N–H and O–H groups in total. The Kier molecular flexibility index (Phi) is 5.00. The monoisotopic (exact) mass is 378 g/mol. The molecular formula is C21H22N4O3. The fraction of sp³-hybridized carbons (Fsp3) is 0.238. The molecule has 7 heteroatoms. The lowest BCUT2D eigenvalue weighted by Gasteiger charge is -2.19. The van der Waals surface area contributed by atoms with Crippen LogP contribution in [0.3, 0.4) is 0 Å². The molecule has 0 aliphatic carbocycles. The smallest absolute Gasteiger partial charge is 0.288 e. The molecule has 0 radical (unpaired) electrons. The van der Waals surface area contributed by atoms with Crippen molar-refractivity contribution in [3.63, 3.8) is 0 Å². The highest BCUT2D eigenvalue weighted by atomic mass is 16.2. The Morgan fingerprint density at radius 1 is 0.964 bits per heavy atom. The Hall–Kier alpha value is -3.48. The van der Waals surface area contributed by atoms with Crippen molar-refractivity contribution < 1.29 is 14.4 Å². The van der Waals surface area contributed by atoms with Crippen LogP contribution in [-0.4, -0.2) is 32.5 Å². The van der Waals surface area contributed by atoms with Gasteiger partial charge >= 0.3 is 0 Å². The van der Waals surface area contributed by atoms with Crippen molar-refractivity contribution >= 4 is 28.8 Å². The third-order valence-corrected chi connectivity index (χ3v) is 4.00. The summed E-state index contributed by atoms with van der Waals surface area (Å²) in [6, 6.07) is 11.9. The first-order chi connectivity index (χ1) is 13.2. The molecule has 7 nitrogen and oxygen atoms in total. The number of hydrogen-bond donors (Lipinski definition) is 2. The number of Topliss-reactive ketones (excluding diaryl/α,β-unsaturated/α-hetero) is 1. The summed E-state index contributed by atoms with van der Waals surface area (Å²) in [5.41, 5.74) is 1.34. The van der Waals surface area contributed by atoms with Crippen molar-refractivity contribution in [2.24, 2.45) is 0 Å². The van der Waals surface area contributed by atoms with Gasteiger partial charge in [0.25, 0.3) is 11.8 Å². The summed E-state index contributed by atoms with van der Waals surface area (Å²) in [4.78, 5) is 41.1. The van der Waals surface area contributed by atoms with Gasteiger partial charge in [0, 0.05) is 23.0 Å². The topological polar surface area (TPSA) is 92.6 Å². The number of anilines is 1. The van der Waals surface area contributed by atoms with Gasteiger partial charge < -0.3 is 10.6 Å². The normalized spacial score (nSPS) is 11.3. The number of ketones is 1. The number of imidazole rings is 1. The van der Waals surface area contributed by atoms with Crippen LogP contribution in [0, 0.1) is 0 Å². The third-order valence-electron chi connectivity index (χ3n) is 4.00. The number of carbonyl (C=O) groups excluding carboxylic acids is 3. The Labute approximate surface area is 162 Å². The first-order valence-corrected chi connectivity index (χ1v) is 8.88. The van der Waals surface area contributed by atoms with Gasteiger partial charge in [-0.1, -0.05) is 6.07 Å². The zero-order valence-electron chi connectivity index (χ0n) is 16.2. The van der Waals surface area contributed by atoms with Gasteiger partial charge in [-0.15, -0.1) is 0 Å². The van der Waals surface area contributed by atoms with Gasteiger partial charge in [0.1, 0.15) is 0 Å². The molecule has 0 aliphatic rings. The van der Waals surface area contributed by atoms with Gasteiger partial charge in [0.2, 0.25) is 5.82 Å². The minimum atomic E-state index is -0.436. The molecule has 0 saturated carbocycles. The van der Waals surface area contributed by atoms with Gasteiger partial charge in [-0.05, 0) is 64.1 Å². The number of aromatic nitrogens is 2. The van der Waals surface area contributed by atoms with Crippen molar-refractivity contribution in [1.82, 2.24) is 14.7 Å². The highest BCUT2D eigenvalue weighted by molar-refractivity contribution is 6.09. The SMILES string of the molecule is CC(=O)c1ccc(NC(=O)c2nc(C(=O)NC(C)(C)C)n3ccccc23)cc1. The summed E-state index contributed by atoms with van der Waals surface area (Å²) in [6.07, 6.45) is 1.69. The number of benzene rings is 1. The van der Waals surface area contributed by atoms with Crippen LogP contribution in [0.1, 0.15) is 59.2 Å². The Balaban J connectivity index is 1.93. The van der Waals surface area contributed by atoms with Crippen LogP contribution >= 0.6 is 0 Å². The summed E-state index contributed by atoms with van der Waals surface area (Å²) in [7, 11) is 0. The highest BCUT2D eigenvalue weighted by Crippen LogP contribution is 2.17. The Morgan fingerprint density at radius 2 is 1.64 bits per heavy atom. The van der Waals surface area contributed by atoms with Crippen LogP contribution in [0.4, 0.5) is 5.69 Å². The largest absolute Gasteiger partial charge is 0.345 e. The number of fused-ring (bicyclic) bond motifs is 1. The highest BCUT2D eigenvalue weighted by Gasteiger charge is 2.24. The Bertz CT molecular complexity index is 1060. The molecule has 2 heterocycles. The third kappa shape index (κ3) is 4.09. The van der Waals surface area contributed by atoms with E-state index in [9.17, 15) is 14.4 Å². The zero-order chi connectivity index (χ0) is 20.5. The molecule has 3 rings (SSSR count). The molecule has 0 fully saturated rings. The first-order valence-electron chi connectivity index (χ1n) is 8.88. The number of rotatable bonds is 4. The summed E-state index contributed by atoms with van der Waals surface area (Å²) < 4.78 is 1.59. The van der Waals surface area contributed by atoms with Crippen molar-refractivity contribution in [2.45, 2.75) is 33.2 Å². The van der Waals surface area contributed by atoms with E-state index in [-0.39, 0.29) is 23.2 Å². The predicted octanol–water partition coefficient (Wildman–Crippen LogP) is 3.32. The van der Waals surface area contributed by atoms with E-state index in [4.69, 9.17) is 0 Å². The van der Waals surface area contributed by atoms with Crippen LogP contribution in [0.25, 0.3) is 5.52 Å². The molecule has 144 valence electrons. The van der Waals surface area contributed by atoms with E-state index in [0.29, 0.717) is 16.8 Å². The molecule has 2 aromatic heterocycles. The molecule has 3 aromatic rings. The van der Waals surface area contributed by atoms with Crippen molar-refractivity contribution in [3.05, 3.63) is 65.7 Å². The molecule has 0 unspecified atom stereocenters. The number of nitrogens with one attached hydrogen (secondary N) is 2. The molecule has 0 spiro atoms. The van der Waals surface area contributed by atoms with E-state index < -0.39 is 11.4 Å². The second-order valence-electron chi connectivity index (χ2n) is 7.53. The summed E-state index contributed by atoms with van der Waals surface area (Å²) in [5.74, 6) is -0.706. The molecule has 0 bridgehead atoms. The van der Waals surface area contributed by atoms with Crippen LogP contribution in [0.15, 0.2) is 48.7 Å². The maximum absolute atomic E-state index is 12.8. The van der Waals surface area contributed by atoms with Gasteiger partial charge in [-0.3, -0.25) is 18.8 Å². The molecule has 2 amide bonds. The van der Waals surface area contributed by atoms with E-state index >= 15 is 0 Å². The summed E-state index contributed by atoms with van der Waals surface area (Å²) in [5, 5.41) is 5.62. The zero-order valence-corrected chi connectivity index (χ0v) is 16.2. The molecule has 28 heavy (non-hydrogen) atoms. The maximum atomic E-state index is 12.8. The lowest BCUT2D eigenvalue weighted by Crippen LogP contribution is -2.41. The lowest BCUT2D eigenvalue weighted by molar-refractivity contribution is 0.0907. The minimum absolute atomic E-state index is 0.0486. The number of pyridine rings is 1. The quantitative estimate of drug-likeness (QED) is 0.681. The molecule has 0 saturated heterocycles. The second-order valence-corrected chi connectivity index (χ2v) is 7.53. The fourth-order valence-corrected chi connectivity index (χ4v) is 2.74. The second kappa shape index (κ2) is 7.26.